The number of nitrogens with two attached hydrogens (primary N) is 1. The number of hydrogen-bond acceptors (Lipinski definition) is 1. The molecule has 1 rings (SSSR count). The summed E-state index contributed by atoms with van der Waals surface area (Å²) >= 11 is 0. The smallest absolute Gasteiger partial charge is 0.327 e. The number of halogens is 3. The number of alkyl halides is 3. The van der Waals surface area contributed by atoms with Crippen LogP contribution in [0.15, 0.2) is 12.2 Å². The highest BCUT2D eigenvalue weighted by Gasteiger charge is 2.42. The van der Waals surface area contributed by atoms with E-state index in [0.717, 1.165) is 0 Å². The molecule has 0 radical (unpaired) electrons. The van der Waals surface area contributed by atoms with Crippen molar-refractivity contribution >= 4 is 0 Å². The molecule has 0 saturated heterocycles. The minimum absolute atomic E-state index is 0.0324. The molecule has 0 aromatic heterocycles. The lowest BCUT2D eigenvalue weighted by molar-refractivity contribution is -0.179. The average molecular weight is 165 g/mol. The Bertz CT molecular complexity index is 162. The lowest BCUT2D eigenvalue weighted by Crippen LogP contribution is -2.40. The second-order valence-corrected chi connectivity index (χ2v) is 2.75. The zero-order valence-electron chi connectivity index (χ0n) is 5.93. The summed E-state index contributed by atoms with van der Waals surface area (Å²) in [6.07, 6.45) is -0.520. The highest BCUT2D eigenvalue weighted by molar-refractivity contribution is 4.98. The van der Waals surface area contributed by atoms with Crippen LogP contribution in [0.4, 0.5) is 13.2 Å². The third-order valence-electron chi connectivity index (χ3n) is 1.90. The summed E-state index contributed by atoms with van der Waals surface area (Å²) < 4.78 is 36.2. The van der Waals surface area contributed by atoms with Gasteiger partial charge in [0.15, 0.2) is 0 Å². The lowest BCUT2D eigenvalue weighted by Gasteiger charge is -2.26. The number of rotatable bonds is 0. The van der Waals surface area contributed by atoms with E-state index >= 15 is 0 Å². The monoisotopic (exact) mass is 165 g/mol. The first-order valence-electron chi connectivity index (χ1n) is 3.49. The molecule has 1 aliphatic rings. The van der Waals surface area contributed by atoms with Gasteiger partial charge in [-0.3, -0.25) is 0 Å². The second kappa shape index (κ2) is 2.85. The average Bonchev–Trinajstić information content (AvgIpc) is 1.86. The Balaban J connectivity index is 2.64. The lowest BCUT2D eigenvalue weighted by atomic mass is 9.89. The molecule has 0 unspecified atom stereocenters. The van der Waals surface area contributed by atoms with Crippen LogP contribution in [0.25, 0.3) is 0 Å². The Morgan fingerprint density at radius 1 is 1.18 bits per heavy atom. The normalized spacial score (nSPS) is 32.4. The molecule has 4 heteroatoms. The molecule has 2 N–H and O–H groups in total. The van der Waals surface area contributed by atoms with Crippen LogP contribution in [0.1, 0.15) is 12.8 Å². The molecule has 0 saturated carbocycles. The van der Waals surface area contributed by atoms with E-state index < -0.39 is 18.1 Å². The maximum atomic E-state index is 12.1. The van der Waals surface area contributed by atoms with Gasteiger partial charge in [-0.2, -0.15) is 13.2 Å². The Morgan fingerprint density at radius 3 is 2.09 bits per heavy atom. The molecule has 0 aromatic rings. The van der Waals surface area contributed by atoms with Crippen LogP contribution in [0.5, 0.6) is 0 Å². The SMILES string of the molecule is N[C@@H]1CC=CC[C@@H]1C(F)(F)F. The van der Waals surface area contributed by atoms with Gasteiger partial charge in [-0.05, 0) is 12.8 Å². The van der Waals surface area contributed by atoms with Crippen LogP contribution in [-0.2, 0) is 0 Å². The molecule has 0 aromatic carbocycles. The van der Waals surface area contributed by atoms with Crippen molar-refractivity contribution in [3.63, 3.8) is 0 Å². The van der Waals surface area contributed by atoms with Crippen molar-refractivity contribution < 1.29 is 13.2 Å². The Labute approximate surface area is 63.1 Å². The van der Waals surface area contributed by atoms with Gasteiger partial charge in [0.05, 0.1) is 5.92 Å². The largest absolute Gasteiger partial charge is 0.393 e. The molecule has 1 nitrogen and oxygen atoms in total. The van der Waals surface area contributed by atoms with Crippen LogP contribution in [0.3, 0.4) is 0 Å². The molecule has 0 bridgehead atoms. The molecule has 2 atom stereocenters. The maximum Gasteiger partial charge on any atom is 0.393 e. The predicted octanol–water partition coefficient (Wildman–Crippen LogP) is 1.84. The molecular weight excluding hydrogens is 155 g/mol. The van der Waals surface area contributed by atoms with E-state index in [9.17, 15) is 13.2 Å². The van der Waals surface area contributed by atoms with Crippen molar-refractivity contribution in [1.82, 2.24) is 0 Å². The fourth-order valence-electron chi connectivity index (χ4n) is 1.21. The molecule has 64 valence electrons. The molecule has 0 spiro atoms. The summed E-state index contributed by atoms with van der Waals surface area (Å²) in [5.74, 6) is -1.34. The van der Waals surface area contributed by atoms with Crippen LogP contribution >= 0.6 is 0 Å². The van der Waals surface area contributed by atoms with E-state index in [1.807, 2.05) is 0 Å². The van der Waals surface area contributed by atoms with E-state index in [4.69, 9.17) is 5.73 Å². The molecule has 0 fully saturated rings. The van der Waals surface area contributed by atoms with Crippen LogP contribution in [0.2, 0.25) is 0 Å². The van der Waals surface area contributed by atoms with E-state index in [-0.39, 0.29) is 6.42 Å². The van der Waals surface area contributed by atoms with Gasteiger partial charge in [-0.25, -0.2) is 0 Å². The number of allylic oxidation sites excluding steroid dienone is 1. The minimum Gasteiger partial charge on any atom is -0.327 e. The third kappa shape index (κ3) is 1.96. The van der Waals surface area contributed by atoms with Gasteiger partial charge in [-0.1, -0.05) is 12.2 Å². The Hall–Kier alpha value is -0.510. The summed E-state index contributed by atoms with van der Waals surface area (Å²) in [6.45, 7) is 0. The Morgan fingerprint density at radius 2 is 1.73 bits per heavy atom. The summed E-state index contributed by atoms with van der Waals surface area (Å²) in [6, 6.07) is -0.750. The van der Waals surface area contributed by atoms with Crippen LogP contribution < -0.4 is 5.73 Å². The highest BCUT2D eigenvalue weighted by atomic mass is 19.4. The fourth-order valence-corrected chi connectivity index (χ4v) is 1.21. The van der Waals surface area contributed by atoms with Crippen molar-refractivity contribution in [3.05, 3.63) is 12.2 Å². The molecule has 0 amide bonds. The third-order valence-corrected chi connectivity index (χ3v) is 1.90. The van der Waals surface area contributed by atoms with Gasteiger partial charge in [0.25, 0.3) is 0 Å². The first-order chi connectivity index (χ1) is 5.02. The van der Waals surface area contributed by atoms with E-state index in [1.165, 1.54) is 0 Å². The van der Waals surface area contributed by atoms with Gasteiger partial charge in [0, 0.05) is 6.04 Å². The van der Waals surface area contributed by atoms with Gasteiger partial charge < -0.3 is 5.73 Å². The van der Waals surface area contributed by atoms with Crippen molar-refractivity contribution in [2.24, 2.45) is 11.7 Å². The fraction of sp³-hybridized carbons (Fsp3) is 0.714. The zero-order chi connectivity index (χ0) is 8.48. The number of hydrogen-bond donors (Lipinski definition) is 1. The van der Waals surface area contributed by atoms with Gasteiger partial charge in [-0.15, -0.1) is 0 Å². The van der Waals surface area contributed by atoms with Gasteiger partial charge >= 0.3 is 6.18 Å². The topological polar surface area (TPSA) is 26.0 Å². The standard InChI is InChI=1S/C7H10F3N/c8-7(9,10)5-3-1-2-4-6(5)11/h1-2,5-6H,3-4,11H2/t5-,6+/m0/s1. The van der Waals surface area contributed by atoms with E-state index in [2.05, 4.69) is 0 Å². The highest BCUT2D eigenvalue weighted by Crippen LogP contribution is 2.34. The first kappa shape index (κ1) is 8.59. The van der Waals surface area contributed by atoms with Gasteiger partial charge in [0.1, 0.15) is 0 Å². The van der Waals surface area contributed by atoms with Crippen molar-refractivity contribution in [2.45, 2.75) is 25.1 Å². The molecule has 0 heterocycles. The van der Waals surface area contributed by atoms with Gasteiger partial charge in [0.2, 0.25) is 0 Å². The zero-order valence-corrected chi connectivity index (χ0v) is 5.93. The van der Waals surface area contributed by atoms with E-state index in [0.29, 0.717) is 6.42 Å². The van der Waals surface area contributed by atoms with Crippen molar-refractivity contribution in [1.29, 1.82) is 0 Å². The van der Waals surface area contributed by atoms with Crippen LogP contribution in [0, 0.1) is 5.92 Å². The Kier molecular flexibility index (Phi) is 2.23. The minimum atomic E-state index is -4.13. The summed E-state index contributed by atoms with van der Waals surface area (Å²) in [7, 11) is 0. The summed E-state index contributed by atoms with van der Waals surface area (Å²) in [4.78, 5) is 0. The van der Waals surface area contributed by atoms with E-state index in [1.54, 1.807) is 12.2 Å². The van der Waals surface area contributed by atoms with Crippen molar-refractivity contribution in [3.8, 4) is 0 Å². The second-order valence-electron chi connectivity index (χ2n) is 2.75. The molecular formula is C7H10F3N. The molecule has 1 aliphatic carbocycles. The molecule has 0 aliphatic heterocycles. The summed E-state index contributed by atoms with van der Waals surface area (Å²) in [5.41, 5.74) is 5.29. The van der Waals surface area contributed by atoms with Crippen LogP contribution in [-0.4, -0.2) is 12.2 Å². The van der Waals surface area contributed by atoms with Crippen molar-refractivity contribution in [2.75, 3.05) is 0 Å². The molecule has 11 heavy (non-hydrogen) atoms. The predicted molar refractivity (Wildman–Crippen MR) is 35.9 cm³/mol. The summed E-state index contributed by atoms with van der Waals surface area (Å²) in [5, 5.41) is 0. The quantitative estimate of drug-likeness (QED) is 0.544. The maximum absolute atomic E-state index is 12.1. The first-order valence-corrected chi connectivity index (χ1v) is 3.49.